The molecule has 0 aliphatic carbocycles. The number of halogens is 1. The van der Waals surface area contributed by atoms with Crippen molar-refractivity contribution in [1.82, 2.24) is 0 Å². The number of hydrogen-bond acceptors (Lipinski definition) is 3. The van der Waals surface area contributed by atoms with Crippen molar-refractivity contribution in [1.29, 1.82) is 0 Å². The van der Waals surface area contributed by atoms with E-state index in [1.54, 1.807) is 39.3 Å². The topological polar surface area (TPSA) is 47.6 Å². The van der Waals surface area contributed by atoms with Crippen LogP contribution in [0.1, 0.15) is 26.7 Å². The molecule has 0 spiro atoms. The molecule has 0 heterocycles. The predicted octanol–water partition coefficient (Wildman–Crippen LogP) is 3.44. The summed E-state index contributed by atoms with van der Waals surface area (Å²) in [6.45, 7) is 3.71. The summed E-state index contributed by atoms with van der Waals surface area (Å²) in [4.78, 5) is 11.2. The van der Waals surface area contributed by atoms with Crippen molar-refractivity contribution in [2.24, 2.45) is 0 Å². The van der Waals surface area contributed by atoms with Gasteiger partial charge >= 0.3 is 0 Å². The summed E-state index contributed by atoms with van der Waals surface area (Å²) in [5, 5.41) is 2.79. The zero-order chi connectivity index (χ0) is 14.5. The van der Waals surface area contributed by atoms with Gasteiger partial charge in [-0.3, -0.25) is 4.79 Å². The number of methoxy groups -OCH3 is 2. The highest BCUT2D eigenvalue weighted by Crippen LogP contribution is 2.31. The van der Waals surface area contributed by atoms with E-state index in [1.165, 1.54) is 0 Å². The third-order valence-corrected chi connectivity index (χ3v) is 3.19. The van der Waals surface area contributed by atoms with Gasteiger partial charge in [0.15, 0.2) is 11.5 Å². The van der Waals surface area contributed by atoms with Crippen molar-refractivity contribution in [3.05, 3.63) is 18.2 Å². The van der Waals surface area contributed by atoms with Gasteiger partial charge in [0.25, 0.3) is 0 Å². The Labute approximate surface area is 119 Å². The SMILES string of the molecule is CCCC(C)(Cl)C(=O)Nc1ccc(OC)c(OC)c1. The number of ether oxygens (including phenoxy) is 2. The molecule has 0 aliphatic heterocycles. The highest BCUT2D eigenvalue weighted by molar-refractivity contribution is 6.36. The second kappa shape index (κ2) is 6.66. The zero-order valence-electron chi connectivity index (χ0n) is 11.7. The van der Waals surface area contributed by atoms with Crippen LogP contribution in [0.25, 0.3) is 0 Å². The molecular formula is C14H20ClNO3. The molecule has 106 valence electrons. The maximum atomic E-state index is 12.1. The minimum Gasteiger partial charge on any atom is -0.493 e. The normalized spacial score (nSPS) is 13.5. The summed E-state index contributed by atoms with van der Waals surface area (Å²) in [5.74, 6) is 0.956. The van der Waals surface area contributed by atoms with Gasteiger partial charge in [0.1, 0.15) is 4.87 Å². The van der Waals surface area contributed by atoms with Crippen molar-refractivity contribution < 1.29 is 14.3 Å². The molecule has 0 aliphatic rings. The standard InChI is InChI=1S/C14H20ClNO3/c1-5-8-14(2,15)13(17)16-10-6-7-11(18-3)12(9-10)19-4/h6-7,9H,5,8H2,1-4H3,(H,16,17). The van der Waals surface area contributed by atoms with Gasteiger partial charge < -0.3 is 14.8 Å². The number of benzene rings is 1. The van der Waals surface area contributed by atoms with Gasteiger partial charge in [-0.2, -0.15) is 0 Å². The molecule has 1 unspecified atom stereocenters. The number of rotatable bonds is 6. The highest BCUT2D eigenvalue weighted by atomic mass is 35.5. The van der Waals surface area contributed by atoms with Crippen LogP contribution in [-0.2, 0) is 4.79 Å². The van der Waals surface area contributed by atoms with Crippen LogP contribution in [0, 0.1) is 0 Å². The summed E-state index contributed by atoms with van der Waals surface area (Å²) in [6, 6.07) is 5.19. The Morgan fingerprint density at radius 3 is 2.47 bits per heavy atom. The van der Waals surface area contributed by atoms with Gasteiger partial charge in [-0.15, -0.1) is 11.6 Å². The van der Waals surface area contributed by atoms with E-state index in [2.05, 4.69) is 5.32 Å². The number of nitrogens with one attached hydrogen (secondary N) is 1. The Balaban J connectivity index is 2.85. The molecule has 1 aromatic rings. The van der Waals surface area contributed by atoms with Gasteiger partial charge in [-0.25, -0.2) is 0 Å². The quantitative estimate of drug-likeness (QED) is 0.815. The first-order valence-electron chi connectivity index (χ1n) is 6.17. The van der Waals surface area contributed by atoms with E-state index in [0.717, 1.165) is 6.42 Å². The summed E-state index contributed by atoms with van der Waals surface area (Å²) in [6.07, 6.45) is 1.47. The zero-order valence-corrected chi connectivity index (χ0v) is 12.5. The van der Waals surface area contributed by atoms with Crippen LogP contribution in [0.2, 0.25) is 0 Å². The molecule has 1 amide bonds. The van der Waals surface area contributed by atoms with Gasteiger partial charge in [-0.1, -0.05) is 13.3 Å². The fourth-order valence-electron chi connectivity index (χ4n) is 1.76. The van der Waals surface area contributed by atoms with Gasteiger partial charge in [0.05, 0.1) is 14.2 Å². The first-order valence-corrected chi connectivity index (χ1v) is 6.54. The molecule has 1 atom stereocenters. The lowest BCUT2D eigenvalue weighted by atomic mass is 10.0. The lowest BCUT2D eigenvalue weighted by molar-refractivity contribution is -0.118. The molecule has 19 heavy (non-hydrogen) atoms. The van der Waals surface area contributed by atoms with E-state index >= 15 is 0 Å². The van der Waals surface area contributed by atoms with Crippen LogP contribution in [0.5, 0.6) is 11.5 Å². The van der Waals surface area contributed by atoms with Crippen molar-refractivity contribution in [2.75, 3.05) is 19.5 Å². The van der Waals surface area contributed by atoms with E-state index < -0.39 is 4.87 Å². The lowest BCUT2D eigenvalue weighted by Crippen LogP contribution is -2.34. The number of amides is 1. The fourth-order valence-corrected chi connectivity index (χ4v) is 1.99. The van der Waals surface area contributed by atoms with Crippen LogP contribution in [0.15, 0.2) is 18.2 Å². The molecule has 1 N–H and O–H groups in total. The Bertz CT molecular complexity index is 446. The second-order valence-corrected chi connectivity index (χ2v) is 5.31. The maximum Gasteiger partial charge on any atom is 0.245 e. The summed E-state index contributed by atoms with van der Waals surface area (Å²) in [7, 11) is 3.11. The van der Waals surface area contributed by atoms with E-state index in [0.29, 0.717) is 23.6 Å². The summed E-state index contributed by atoms with van der Waals surface area (Å²) in [5.41, 5.74) is 0.630. The molecule has 5 heteroatoms. The number of carbonyl (C=O) groups is 1. The van der Waals surface area contributed by atoms with Crippen LogP contribution in [0.4, 0.5) is 5.69 Å². The Kier molecular flexibility index (Phi) is 5.48. The molecule has 0 radical (unpaired) electrons. The number of anilines is 1. The second-order valence-electron chi connectivity index (χ2n) is 4.47. The van der Waals surface area contributed by atoms with Crippen molar-refractivity contribution in [2.45, 2.75) is 31.6 Å². The summed E-state index contributed by atoms with van der Waals surface area (Å²) >= 11 is 6.20. The van der Waals surface area contributed by atoms with E-state index in [1.807, 2.05) is 6.92 Å². The minimum absolute atomic E-state index is 0.219. The van der Waals surface area contributed by atoms with Crippen molar-refractivity contribution in [3.63, 3.8) is 0 Å². The third kappa shape index (κ3) is 4.03. The first kappa shape index (κ1) is 15.6. The molecule has 0 saturated carbocycles. The predicted molar refractivity (Wildman–Crippen MR) is 77.3 cm³/mol. The average Bonchev–Trinajstić information content (AvgIpc) is 2.38. The number of alkyl halides is 1. The van der Waals surface area contributed by atoms with Crippen molar-refractivity contribution in [3.8, 4) is 11.5 Å². The minimum atomic E-state index is -0.901. The average molecular weight is 286 g/mol. The molecule has 1 rings (SSSR count). The van der Waals surface area contributed by atoms with E-state index in [4.69, 9.17) is 21.1 Å². The van der Waals surface area contributed by atoms with Crippen LogP contribution < -0.4 is 14.8 Å². The fraction of sp³-hybridized carbons (Fsp3) is 0.500. The van der Waals surface area contributed by atoms with Gasteiger partial charge in [-0.05, 0) is 25.5 Å². The van der Waals surface area contributed by atoms with E-state index in [9.17, 15) is 4.79 Å². The van der Waals surface area contributed by atoms with Crippen molar-refractivity contribution >= 4 is 23.2 Å². The van der Waals surface area contributed by atoms with Crippen LogP contribution >= 0.6 is 11.6 Å². The van der Waals surface area contributed by atoms with Crippen LogP contribution in [0.3, 0.4) is 0 Å². The smallest absolute Gasteiger partial charge is 0.245 e. The largest absolute Gasteiger partial charge is 0.493 e. The number of carbonyl (C=O) groups excluding carboxylic acids is 1. The Morgan fingerprint density at radius 1 is 1.32 bits per heavy atom. The molecular weight excluding hydrogens is 266 g/mol. The Morgan fingerprint density at radius 2 is 1.95 bits per heavy atom. The molecule has 4 nitrogen and oxygen atoms in total. The third-order valence-electron chi connectivity index (χ3n) is 2.83. The lowest BCUT2D eigenvalue weighted by Gasteiger charge is -2.20. The molecule has 0 fully saturated rings. The molecule has 1 aromatic carbocycles. The molecule has 0 saturated heterocycles. The molecule has 0 bridgehead atoms. The first-order chi connectivity index (χ1) is 8.94. The van der Waals surface area contributed by atoms with Gasteiger partial charge in [0, 0.05) is 11.8 Å². The Hall–Kier alpha value is -1.42. The monoisotopic (exact) mass is 285 g/mol. The summed E-state index contributed by atoms with van der Waals surface area (Å²) < 4.78 is 10.3. The molecule has 0 aromatic heterocycles. The number of hydrogen-bond donors (Lipinski definition) is 1. The van der Waals surface area contributed by atoms with Crippen LogP contribution in [-0.4, -0.2) is 25.0 Å². The van der Waals surface area contributed by atoms with E-state index in [-0.39, 0.29) is 5.91 Å². The maximum absolute atomic E-state index is 12.1. The van der Waals surface area contributed by atoms with Gasteiger partial charge in [0.2, 0.25) is 5.91 Å². The highest BCUT2D eigenvalue weighted by Gasteiger charge is 2.29.